The summed E-state index contributed by atoms with van der Waals surface area (Å²) in [5.41, 5.74) is 10.1. The Morgan fingerprint density at radius 1 is 1.20 bits per heavy atom. The van der Waals surface area contributed by atoms with Crippen LogP contribution in [0.15, 0.2) is 29.8 Å². The van der Waals surface area contributed by atoms with E-state index in [0.717, 1.165) is 13.0 Å². The van der Waals surface area contributed by atoms with Gasteiger partial charge in [-0.1, -0.05) is 49.8 Å². The van der Waals surface area contributed by atoms with Crippen molar-refractivity contribution in [2.75, 3.05) is 6.54 Å². The number of rotatable bonds is 2. The van der Waals surface area contributed by atoms with E-state index in [1.807, 2.05) is 0 Å². The highest BCUT2D eigenvalue weighted by Gasteiger charge is 2.31. The van der Waals surface area contributed by atoms with Gasteiger partial charge in [-0.15, -0.1) is 12.4 Å². The molecule has 2 N–H and O–H groups in total. The van der Waals surface area contributed by atoms with Crippen molar-refractivity contribution in [3.8, 4) is 0 Å². The maximum Gasteiger partial charge on any atom is 0.0115 e. The first-order valence-electron chi connectivity index (χ1n) is 5.17. The summed E-state index contributed by atoms with van der Waals surface area (Å²) in [6.45, 7) is 5.30. The number of hydrogen-bond acceptors (Lipinski definition) is 1. The zero-order valence-corrected chi connectivity index (χ0v) is 10.1. The fourth-order valence-corrected chi connectivity index (χ4v) is 2.27. The van der Waals surface area contributed by atoms with Crippen LogP contribution in [0.2, 0.25) is 0 Å². The van der Waals surface area contributed by atoms with E-state index in [0.29, 0.717) is 0 Å². The third kappa shape index (κ3) is 1.95. The Bertz CT molecular complexity index is 380. The zero-order valence-electron chi connectivity index (χ0n) is 9.29. The average Bonchev–Trinajstić information content (AvgIpc) is 2.41. The van der Waals surface area contributed by atoms with Gasteiger partial charge in [0, 0.05) is 5.41 Å². The van der Waals surface area contributed by atoms with Crippen molar-refractivity contribution in [1.82, 2.24) is 0 Å². The molecule has 0 aliphatic heterocycles. The van der Waals surface area contributed by atoms with Crippen molar-refractivity contribution >= 4 is 18.5 Å². The van der Waals surface area contributed by atoms with Crippen molar-refractivity contribution in [1.29, 1.82) is 0 Å². The predicted octanol–water partition coefficient (Wildman–Crippen LogP) is 3.13. The Balaban J connectivity index is 0.00000112. The molecule has 0 amide bonds. The molecule has 0 fully saturated rings. The second kappa shape index (κ2) is 4.38. The van der Waals surface area contributed by atoms with E-state index in [-0.39, 0.29) is 17.8 Å². The van der Waals surface area contributed by atoms with E-state index in [2.05, 4.69) is 44.2 Å². The van der Waals surface area contributed by atoms with Gasteiger partial charge in [-0.25, -0.2) is 0 Å². The maximum absolute atomic E-state index is 5.62. The number of hydrogen-bond donors (Lipinski definition) is 1. The number of benzene rings is 1. The van der Waals surface area contributed by atoms with E-state index in [1.165, 1.54) is 16.7 Å². The molecule has 2 heteroatoms. The molecule has 82 valence electrons. The highest BCUT2D eigenvalue weighted by atomic mass is 35.5. The molecule has 1 aromatic rings. The lowest BCUT2D eigenvalue weighted by molar-refractivity contribution is 0.610. The summed E-state index contributed by atoms with van der Waals surface area (Å²) >= 11 is 0. The summed E-state index contributed by atoms with van der Waals surface area (Å²) in [4.78, 5) is 0. The first-order chi connectivity index (χ1) is 6.66. The Morgan fingerprint density at radius 2 is 1.87 bits per heavy atom. The minimum Gasteiger partial charge on any atom is -0.330 e. The first-order valence-corrected chi connectivity index (χ1v) is 5.17. The Hall–Kier alpha value is -0.790. The second-order valence-corrected chi connectivity index (χ2v) is 4.42. The molecular formula is C13H18ClN. The van der Waals surface area contributed by atoms with Crippen LogP contribution in [0.5, 0.6) is 0 Å². The van der Waals surface area contributed by atoms with Gasteiger partial charge in [0.05, 0.1) is 0 Å². The molecule has 0 spiro atoms. The van der Waals surface area contributed by atoms with Gasteiger partial charge in [-0.3, -0.25) is 0 Å². The molecule has 1 aliphatic rings. The molecule has 0 unspecified atom stereocenters. The van der Waals surface area contributed by atoms with Crippen LogP contribution in [0, 0.1) is 0 Å². The third-order valence-electron chi connectivity index (χ3n) is 3.18. The molecule has 0 heterocycles. The van der Waals surface area contributed by atoms with Gasteiger partial charge in [0.25, 0.3) is 0 Å². The van der Waals surface area contributed by atoms with Crippen LogP contribution in [0.3, 0.4) is 0 Å². The van der Waals surface area contributed by atoms with E-state index in [1.54, 1.807) is 0 Å². The lowest BCUT2D eigenvalue weighted by Gasteiger charge is -2.24. The first kappa shape index (κ1) is 12.3. The summed E-state index contributed by atoms with van der Waals surface area (Å²) in [5, 5.41) is 0. The van der Waals surface area contributed by atoms with Crippen LogP contribution < -0.4 is 5.73 Å². The summed E-state index contributed by atoms with van der Waals surface area (Å²) in [6, 6.07) is 8.60. The van der Waals surface area contributed by atoms with E-state index in [4.69, 9.17) is 5.73 Å². The smallest absolute Gasteiger partial charge is 0.0115 e. The Labute approximate surface area is 97.8 Å². The lowest BCUT2D eigenvalue weighted by Crippen LogP contribution is -2.19. The number of fused-ring (bicyclic) bond motifs is 1. The van der Waals surface area contributed by atoms with Gasteiger partial charge in [-0.2, -0.15) is 0 Å². The highest BCUT2D eigenvalue weighted by Crippen LogP contribution is 2.42. The topological polar surface area (TPSA) is 26.0 Å². The average molecular weight is 224 g/mol. The zero-order chi connectivity index (χ0) is 10.2. The summed E-state index contributed by atoms with van der Waals surface area (Å²) in [5.74, 6) is 0. The van der Waals surface area contributed by atoms with Crippen LogP contribution in [0.25, 0.3) is 6.08 Å². The molecule has 1 aromatic carbocycles. The van der Waals surface area contributed by atoms with Gasteiger partial charge < -0.3 is 5.73 Å². The van der Waals surface area contributed by atoms with Crippen molar-refractivity contribution in [3.05, 3.63) is 41.0 Å². The summed E-state index contributed by atoms with van der Waals surface area (Å²) in [6.07, 6.45) is 3.30. The molecule has 0 aromatic heterocycles. The minimum absolute atomic E-state index is 0. The molecular weight excluding hydrogens is 206 g/mol. The quantitative estimate of drug-likeness (QED) is 0.819. The summed E-state index contributed by atoms with van der Waals surface area (Å²) in [7, 11) is 0. The number of halogens is 1. The fraction of sp³-hybridized carbons (Fsp3) is 0.385. The summed E-state index contributed by atoms with van der Waals surface area (Å²) < 4.78 is 0. The van der Waals surface area contributed by atoms with Crippen LogP contribution >= 0.6 is 12.4 Å². The van der Waals surface area contributed by atoms with Gasteiger partial charge in [0.2, 0.25) is 0 Å². The van der Waals surface area contributed by atoms with E-state index in [9.17, 15) is 0 Å². The molecule has 0 radical (unpaired) electrons. The van der Waals surface area contributed by atoms with Crippen molar-refractivity contribution < 1.29 is 0 Å². The Morgan fingerprint density at radius 3 is 2.47 bits per heavy atom. The monoisotopic (exact) mass is 223 g/mol. The van der Waals surface area contributed by atoms with Gasteiger partial charge >= 0.3 is 0 Å². The van der Waals surface area contributed by atoms with Crippen LogP contribution in [-0.2, 0) is 5.41 Å². The third-order valence-corrected chi connectivity index (χ3v) is 3.18. The predicted molar refractivity (Wildman–Crippen MR) is 68.4 cm³/mol. The van der Waals surface area contributed by atoms with Crippen LogP contribution in [-0.4, -0.2) is 6.54 Å². The van der Waals surface area contributed by atoms with Crippen LogP contribution in [0.4, 0.5) is 0 Å². The second-order valence-electron chi connectivity index (χ2n) is 4.42. The standard InChI is InChI=1S/C13H17N.ClH/c1-13(2)11(7-8-14)9-10-5-3-4-6-12(10)13;/h3-6,9H,7-8,14H2,1-2H3;1H. The van der Waals surface area contributed by atoms with E-state index >= 15 is 0 Å². The minimum atomic E-state index is 0. The molecule has 0 saturated heterocycles. The number of nitrogens with two attached hydrogens (primary N) is 1. The maximum atomic E-state index is 5.62. The molecule has 0 atom stereocenters. The Kier molecular flexibility index (Phi) is 3.58. The van der Waals surface area contributed by atoms with Gasteiger partial charge in [0.15, 0.2) is 0 Å². The highest BCUT2D eigenvalue weighted by molar-refractivity contribution is 5.85. The molecule has 1 nitrogen and oxygen atoms in total. The SMILES string of the molecule is CC1(C)C(CCN)=Cc2ccccc21.Cl. The lowest BCUT2D eigenvalue weighted by atomic mass is 9.80. The molecule has 15 heavy (non-hydrogen) atoms. The van der Waals surface area contributed by atoms with Crippen molar-refractivity contribution in [3.63, 3.8) is 0 Å². The molecule has 0 saturated carbocycles. The largest absolute Gasteiger partial charge is 0.330 e. The molecule has 1 aliphatic carbocycles. The van der Waals surface area contributed by atoms with Crippen molar-refractivity contribution in [2.45, 2.75) is 25.7 Å². The molecule has 0 bridgehead atoms. The van der Waals surface area contributed by atoms with E-state index < -0.39 is 0 Å². The molecule has 2 rings (SSSR count). The van der Waals surface area contributed by atoms with Crippen LogP contribution in [0.1, 0.15) is 31.4 Å². The van der Waals surface area contributed by atoms with Gasteiger partial charge in [-0.05, 0) is 24.1 Å². The normalized spacial score (nSPS) is 16.6. The van der Waals surface area contributed by atoms with Crippen molar-refractivity contribution in [2.24, 2.45) is 5.73 Å². The van der Waals surface area contributed by atoms with Gasteiger partial charge in [0.1, 0.15) is 0 Å². The fourth-order valence-electron chi connectivity index (χ4n) is 2.27.